The van der Waals surface area contributed by atoms with Crippen molar-refractivity contribution < 1.29 is 4.79 Å². The maximum atomic E-state index is 12.8. The van der Waals surface area contributed by atoms with Crippen molar-refractivity contribution in [2.75, 3.05) is 5.32 Å². The maximum Gasteiger partial charge on any atom is 0.253 e. The van der Waals surface area contributed by atoms with Gasteiger partial charge in [0.15, 0.2) is 0 Å². The summed E-state index contributed by atoms with van der Waals surface area (Å²) in [5.74, 6) is -0.0707. The number of para-hydroxylation sites is 1. The predicted octanol–water partition coefficient (Wildman–Crippen LogP) is 5.79. The molecule has 1 unspecified atom stereocenters. The lowest BCUT2D eigenvalue weighted by atomic mass is 10.1. The Morgan fingerprint density at radius 2 is 1.94 bits per heavy atom. The normalized spacial score (nSPS) is 12.2. The smallest absolute Gasteiger partial charge is 0.253 e. The zero-order chi connectivity index (χ0) is 22.3. The van der Waals surface area contributed by atoms with Gasteiger partial charge in [0, 0.05) is 23.3 Å². The van der Waals surface area contributed by atoms with Crippen molar-refractivity contribution in [2.24, 2.45) is 0 Å². The molecule has 4 rings (SSSR count). The lowest BCUT2D eigenvalue weighted by Crippen LogP contribution is -2.32. The van der Waals surface area contributed by atoms with Gasteiger partial charge < -0.3 is 10.6 Å². The van der Waals surface area contributed by atoms with Crippen LogP contribution in [0.4, 0.5) is 11.4 Å². The second kappa shape index (κ2) is 9.92. The summed E-state index contributed by atoms with van der Waals surface area (Å²) < 4.78 is 0. The summed E-state index contributed by atoms with van der Waals surface area (Å²) in [6.07, 6.45) is 7.64. The van der Waals surface area contributed by atoms with E-state index in [1.54, 1.807) is 6.20 Å². The summed E-state index contributed by atoms with van der Waals surface area (Å²) in [7, 11) is 0. The Bertz CT molecular complexity index is 1230. The number of anilines is 2. The van der Waals surface area contributed by atoms with Crippen LogP contribution in [0.2, 0.25) is 0 Å². The van der Waals surface area contributed by atoms with E-state index < -0.39 is 0 Å². The molecule has 162 valence electrons. The van der Waals surface area contributed by atoms with E-state index in [4.69, 9.17) is 0 Å². The zero-order valence-corrected chi connectivity index (χ0v) is 18.3. The lowest BCUT2D eigenvalue weighted by Gasteiger charge is -2.16. The van der Waals surface area contributed by atoms with Crippen LogP contribution < -0.4 is 10.6 Å². The number of nitrogens with zero attached hydrogens (tertiary/aromatic N) is 2. The number of rotatable bonds is 8. The fourth-order valence-corrected chi connectivity index (χ4v) is 3.64. The van der Waals surface area contributed by atoms with Crippen LogP contribution in [0.3, 0.4) is 0 Å². The number of H-pyrrole nitrogens is 1. The molecule has 2 aromatic heterocycles. The number of aromatic nitrogens is 3. The fraction of sp³-hybridized carbons (Fsp3) is 0.192. The van der Waals surface area contributed by atoms with Gasteiger partial charge in [-0.05, 0) is 68.0 Å². The molecule has 2 heterocycles. The van der Waals surface area contributed by atoms with Gasteiger partial charge in [-0.1, -0.05) is 31.5 Å². The van der Waals surface area contributed by atoms with E-state index >= 15 is 0 Å². The number of hydrogen-bond donors (Lipinski definition) is 3. The van der Waals surface area contributed by atoms with Gasteiger partial charge >= 0.3 is 0 Å². The second-order valence-electron chi connectivity index (χ2n) is 7.79. The molecule has 1 atom stereocenters. The molecule has 6 nitrogen and oxygen atoms in total. The molecule has 0 saturated heterocycles. The first-order valence-electron chi connectivity index (χ1n) is 10.9. The largest absolute Gasteiger partial charge is 0.355 e. The van der Waals surface area contributed by atoms with E-state index in [1.807, 2.05) is 79.7 Å². The van der Waals surface area contributed by atoms with Crippen molar-refractivity contribution in [2.45, 2.75) is 32.7 Å². The van der Waals surface area contributed by atoms with Crippen molar-refractivity contribution in [1.82, 2.24) is 20.5 Å². The third kappa shape index (κ3) is 5.03. The van der Waals surface area contributed by atoms with Crippen molar-refractivity contribution >= 4 is 40.3 Å². The number of carbonyl (C=O) groups is 1. The average molecular weight is 426 g/mol. The first-order valence-corrected chi connectivity index (χ1v) is 10.9. The summed E-state index contributed by atoms with van der Waals surface area (Å²) in [5.41, 5.74) is 4.91. The molecule has 0 aliphatic heterocycles. The number of amides is 1. The van der Waals surface area contributed by atoms with Gasteiger partial charge in [-0.25, -0.2) is 0 Å². The highest BCUT2D eigenvalue weighted by atomic mass is 16.1. The first kappa shape index (κ1) is 21.3. The number of benzene rings is 2. The molecular weight excluding hydrogens is 398 g/mol. The molecule has 0 fully saturated rings. The molecule has 0 radical (unpaired) electrons. The molecule has 0 spiro atoms. The second-order valence-corrected chi connectivity index (χ2v) is 7.79. The Kier molecular flexibility index (Phi) is 6.60. The molecule has 32 heavy (non-hydrogen) atoms. The third-order valence-corrected chi connectivity index (χ3v) is 5.24. The predicted molar refractivity (Wildman–Crippen MR) is 131 cm³/mol. The molecule has 0 saturated carbocycles. The quantitative estimate of drug-likeness (QED) is 0.334. The fourth-order valence-electron chi connectivity index (χ4n) is 3.64. The maximum absolute atomic E-state index is 12.8. The Morgan fingerprint density at radius 1 is 1.09 bits per heavy atom. The van der Waals surface area contributed by atoms with Crippen LogP contribution in [-0.2, 0) is 0 Å². The molecule has 0 aliphatic carbocycles. The van der Waals surface area contributed by atoms with Crippen LogP contribution in [0, 0.1) is 0 Å². The summed E-state index contributed by atoms with van der Waals surface area (Å²) in [4.78, 5) is 17.1. The zero-order valence-electron chi connectivity index (χ0n) is 18.3. The molecule has 4 aromatic rings. The van der Waals surface area contributed by atoms with Gasteiger partial charge in [0.05, 0.1) is 28.2 Å². The average Bonchev–Trinajstić information content (AvgIpc) is 3.21. The number of aromatic amines is 1. The van der Waals surface area contributed by atoms with E-state index in [2.05, 4.69) is 32.7 Å². The minimum atomic E-state index is -0.0707. The van der Waals surface area contributed by atoms with Crippen LogP contribution >= 0.6 is 0 Å². The summed E-state index contributed by atoms with van der Waals surface area (Å²) in [6.45, 7) is 4.15. The SMILES string of the molecule is CCCC(C)NC(=O)c1ccccc1Nc1ccc2c(/C=C/c3ccccn3)n[nH]c2c1. The van der Waals surface area contributed by atoms with Gasteiger partial charge in [0.2, 0.25) is 0 Å². The summed E-state index contributed by atoms with van der Waals surface area (Å²) in [5, 5.41) is 15.0. The molecule has 3 N–H and O–H groups in total. The number of carbonyl (C=O) groups excluding carboxylic acids is 1. The lowest BCUT2D eigenvalue weighted by molar-refractivity contribution is 0.0939. The van der Waals surface area contributed by atoms with Crippen LogP contribution in [0.25, 0.3) is 23.1 Å². The van der Waals surface area contributed by atoms with Crippen molar-refractivity contribution in [3.05, 3.63) is 83.8 Å². The highest BCUT2D eigenvalue weighted by Crippen LogP contribution is 2.26. The number of fused-ring (bicyclic) bond motifs is 1. The van der Waals surface area contributed by atoms with Gasteiger partial charge in [-0.2, -0.15) is 5.10 Å². The molecule has 0 bridgehead atoms. The van der Waals surface area contributed by atoms with E-state index in [1.165, 1.54) is 0 Å². The van der Waals surface area contributed by atoms with E-state index in [9.17, 15) is 4.79 Å². The van der Waals surface area contributed by atoms with Gasteiger partial charge in [0.1, 0.15) is 0 Å². The van der Waals surface area contributed by atoms with E-state index in [0.717, 1.165) is 46.5 Å². The van der Waals surface area contributed by atoms with Crippen LogP contribution in [0.15, 0.2) is 66.9 Å². The van der Waals surface area contributed by atoms with E-state index in [0.29, 0.717) is 5.56 Å². The first-order chi connectivity index (χ1) is 15.6. The Balaban J connectivity index is 1.53. The highest BCUT2D eigenvalue weighted by molar-refractivity contribution is 6.01. The molecular formula is C26H27N5O. The van der Waals surface area contributed by atoms with Gasteiger partial charge in [-0.15, -0.1) is 0 Å². The summed E-state index contributed by atoms with van der Waals surface area (Å²) >= 11 is 0. The minimum Gasteiger partial charge on any atom is -0.355 e. The Labute approximate surface area is 187 Å². The molecule has 2 aromatic carbocycles. The number of hydrogen-bond acceptors (Lipinski definition) is 4. The Hall–Kier alpha value is -3.93. The van der Waals surface area contributed by atoms with Crippen LogP contribution in [0.1, 0.15) is 48.4 Å². The van der Waals surface area contributed by atoms with Crippen LogP contribution in [0.5, 0.6) is 0 Å². The standard InChI is InChI=1S/C26H27N5O/c1-3-8-18(2)28-26(32)22-10-4-5-11-23(22)29-20-12-14-21-24(30-31-25(21)17-20)15-13-19-9-6-7-16-27-19/h4-7,9-18,29H,3,8H2,1-2H3,(H,28,32)(H,30,31)/b15-13+. The molecule has 1 amide bonds. The van der Waals surface area contributed by atoms with Crippen molar-refractivity contribution in [1.29, 1.82) is 0 Å². The van der Waals surface area contributed by atoms with E-state index in [-0.39, 0.29) is 11.9 Å². The van der Waals surface area contributed by atoms with Gasteiger partial charge in [0.25, 0.3) is 5.91 Å². The van der Waals surface area contributed by atoms with Gasteiger partial charge in [-0.3, -0.25) is 14.9 Å². The molecule has 0 aliphatic rings. The topological polar surface area (TPSA) is 82.7 Å². The minimum absolute atomic E-state index is 0.0707. The highest BCUT2D eigenvalue weighted by Gasteiger charge is 2.14. The molecule has 6 heteroatoms. The monoisotopic (exact) mass is 425 g/mol. The number of pyridine rings is 1. The number of nitrogens with one attached hydrogen (secondary N) is 3. The van der Waals surface area contributed by atoms with Crippen molar-refractivity contribution in [3.8, 4) is 0 Å². The summed E-state index contributed by atoms with van der Waals surface area (Å²) in [6, 6.07) is 19.5. The van der Waals surface area contributed by atoms with Crippen molar-refractivity contribution in [3.63, 3.8) is 0 Å². The third-order valence-electron chi connectivity index (χ3n) is 5.24. The van der Waals surface area contributed by atoms with Crippen LogP contribution in [-0.4, -0.2) is 27.1 Å². The Morgan fingerprint density at radius 3 is 2.75 bits per heavy atom.